The Labute approximate surface area is 116 Å². The lowest BCUT2D eigenvalue weighted by Gasteiger charge is -2.32. The zero-order chi connectivity index (χ0) is 13.8. The molecule has 0 aliphatic carbocycles. The Kier molecular flexibility index (Phi) is 4.70. The van der Waals surface area contributed by atoms with E-state index < -0.39 is 0 Å². The standard InChI is InChI=1S/C16H26N2O/c1-4-17-13(3)15-6-5-14(11-16(15)19)18-9-7-12(2)8-10-18/h5-6,11-13,17,19H,4,7-10H2,1-3H3. The predicted octanol–water partition coefficient (Wildman–Crippen LogP) is 3.30. The summed E-state index contributed by atoms with van der Waals surface area (Å²) in [5.41, 5.74) is 2.13. The number of nitrogens with one attached hydrogen (secondary N) is 1. The second kappa shape index (κ2) is 6.29. The minimum atomic E-state index is 0.195. The number of phenols is 1. The smallest absolute Gasteiger partial charge is 0.122 e. The van der Waals surface area contributed by atoms with Gasteiger partial charge in [0.2, 0.25) is 0 Å². The number of phenolic OH excluding ortho intramolecular Hbond substituents is 1. The van der Waals surface area contributed by atoms with Gasteiger partial charge in [-0.05, 0) is 38.3 Å². The number of benzene rings is 1. The molecule has 19 heavy (non-hydrogen) atoms. The number of hydrogen-bond donors (Lipinski definition) is 2. The van der Waals surface area contributed by atoms with Gasteiger partial charge in [-0.3, -0.25) is 0 Å². The molecule has 3 heteroatoms. The Morgan fingerprint density at radius 2 is 2.05 bits per heavy atom. The summed E-state index contributed by atoms with van der Waals surface area (Å²) in [6.45, 7) is 9.59. The maximum Gasteiger partial charge on any atom is 0.122 e. The van der Waals surface area contributed by atoms with Crippen molar-refractivity contribution >= 4 is 5.69 Å². The van der Waals surface area contributed by atoms with E-state index in [2.05, 4.69) is 43.1 Å². The number of anilines is 1. The topological polar surface area (TPSA) is 35.5 Å². The van der Waals surface area contributed by atoms with Gasteiger partial charge in [0, 0.05) is 36.4 Å². The maximum atomic E-state index is 10.2. The van der Waals surface area contributed by atoms with Crippen molar-refractivity contribution in [2.75, 3.05) is 24.5 Å². The number of rotatable bonds is 4. The lowest BCUT2D eigenvalue weighted by atomic mass is 9.98. The normalized spacial score (nSPS) is 18.6. The van der Waals surface area contributed by atoms with E-state index in [1.165, 1.54) is 12.8 Å². The van der Waals surface area contributed by atoms with Gasteiger partial charge in [-0.2, -0.15) is 0 Å². The van der Waals surface area contributed by atoms with E-state index in [0.717, 1.165) is 36.8 Å². The molecule has 0 aromatic heterocycles. The van der Waals surface area contributed by atoms with Crippen LogP contribution in [0.15, 0.2) is 18.2 Å². The van der Waals surface area contributed by atoms with Crippen LogP contribution in [0.5, 0.6) is 5.75 Å². The van der Waals surface area contributed by atoms with E-state index in [9.17, 15) is 5.11 Å². The van der Waals surface area contributed by atoms with Gasteiger partial charge in [0.1, 0.15) is 5.75 Å². The second-order valence-electron chi connectivity index (χ2n) is 5.69. The van der Waals surface area contributed by atoms with Crippen LogP contribution in [0.4, 0.5) is 5.69 Å². The number of aromatic hydroxyl groups is 1. The highest BCUT2D eigenvalue weighted by Gasteiger charge is 2.17. The molecule has 1 unspecified atom stereocenters. The van der Waals surface area contributed by atoms with E-state index in [-0.39, 0.29) is 6.04 Å². The Morgan fingerprint density at radius 1 is 1.37 bits per heavy atom. The minimum absolute atomic E-state index is 0.195. The van der Waals surface area contributed by atoms with Crippen molar-refractivity contribution in [3.05, 3.63) is 23.8 Å². The lowest BCUT2D eigenvalue weighted by molar-refractivity contribution is 0.435. The van der Waals surface area contributed by atoms with Crippen LogP contribution in [0.1, 0.15) is 45.2 Å². The van der Waals surface area contributed by atoms with Crippen LogP contribution in [-0.4, -0.2) is 24.7 Å². The molecule has 0 saturated carbocycles. The zero-order valence-corrected chi connectivity index (χ0v) is 12.3. The van der Waals surface area contributed by atoms with Crippen LogP contribution < -0.4 is 10.2 Å². The average Bonchev–Trinajstić information content (AvgIpc) is 2.39. The van der Waals surface area contributed by atoms with Gasteiger partial charge in [0.15, 0.2) is 0 Å². The molecule has 106 valence electrons. The van der Waals surface area contributed by atoms with Crippen LogP contribution in [0.25, 0.3) is 0 Å². The van der Waals surface area contributed by atoms with Crippen LogP contribution >= 0.6 is 0 Å². The highest BCUT2D eigenvalue weighted by molar-refractivity contribution is 5.54. The monoisotopic (exact) mass is 262 g/mol. The Bertz CT molecular complexity index is 411. The van der Waals surface area contributed by atoms with Crippen molar-refractivity contribution in [1.82, 2.24) is 5.32 Å². The van der Waals surface area contributed by atoms with Crippen molar-refractivity contribution in [3.63, 3.8) is 0 Å². The van der Waals surface area contributed by atoms with E-state index >= 15 is 0 Å². The van der Waals surface area contributed by atoms with Gasteiger partial charge < -0.3 is 15.3 Å². The molecule has 1 fully saturated rings. The van der Waals surface area contributed by atoms with Crippen LogP contribution in [-0.2, 0) is 0 Å². The molecule has 1 saturated heterocycles. The highest BCUT2D eigenvalue weighted by atomic mass is 16.3. The van der Waals surface area contributed by atoms with E-state index in [0.29, 0.717) is 5.75 Å². The quantitative estimate of drug-likeness (QED) is 0.874. The van der Waals surface area contributed by atoms with Crippen LogP contribution in [0.3, 0.4) is 0 Å². The summed E-state index contributed by atoms with van der Waals surface area (Å²) in [6.07, 6.45) is 2.49. The first kappa shape index (κ1) is 14.2. The van der Waals surface area contributed by atoms with Crippen molar-refractivity contribution in [2.45, 2.75) is 39.7 Å². The lowest BCUT2D eigenvalue weighted by Crippen LogP contribution is -2.32. The summed E-state index contributed by atoms with van der Waals surface area (Å²) in [7, 11) is 0. The first-order valence-corrected chi connectivity index (χ1v) is 7.43. The molecule has 2 rings (SSSR count). The van der Waals surface area contributed by atoms with Crippen molar-refractivity contribution in [2.24, 2.45) is 5.92 Å². The van der Waals surface area contributed by atoms with E-state index in [1.54, 1.807) is 0 Å². The maximum absolute atomic E-state index is 10.2. The van der Waals surface area contributed by atoms with E-state index in [1.807, 2.05) is 6.07 Å². The molecule has 3 nitrogen and oxygen atoms in total. The molecule has 0 radical (unpaired) electrons. The molecular weight excluding hydrogens is 236 g/mol. The van der Waals surface area contributed by atoms with Gasteiger partial charge in [-0.15, -0.1) is 0 Å². The fourth-order valence-corrected chi connectivity index (χ4v) is 2.78. The summed E-state index contributed by atoms with van der Waals surface area (Å²) in [5.74, 6) is 1.24. The first-order chi connectivity index (χ1) is 9.11. The van der Waals surface area contributed by atoms with Crippen LogP contribution in [0.2, 0.25) is 0 Å². The number of hydrogen-bond acceptors (Lipinski definition) is 3. The van der Waals surface area contributed by atoms with E-state index in [4.69, 9.17) is 0 Å². The van der Waals surface area contributed by atoms with Crippen molar-refractivity contribution in [3.8, 4) is 5.75 Å². The molecule has 1 aliphatic heterocycles. The minimum Gasteiger partial charge on any atom is -0.508 e. The molecule has 1 aromatic carbocycles. The van der Waals surface area contributed by atoms with Gasteiger partial charge in [-0.25, -0.2) is 0 Å². The molecule has 1 aromatic rings. The fourth-order valence-electron chi connectivity index (χ4n) is 2.78. The summed E-state index contributed by atoms with van der Waals surface area (Å²) >= 11 is 0. The molecular formula is C16H26N2O. The Hall–Kier alpha value is -1.22. The SMILES string of the molecule is CCNC(C)c1ccc(N2CCC(C)CC2)cc1O. The molecule has 0 bridgehead atoms. The number of piperidine rings is 1. The fraction of sp³-hybridized carbons (Fsp3) is 0.625. The van der Waals surface area contributed by atoms with Crippen LogP contribution in [0, 0.1) is 5.92 Å². The van der Waals surface area contributed by atoms with Crippen molar-refractivity contribution < 1.29 is 5.11 Å². The molecule has 1 atom stereocenters. The van der Waals surface area contributed by atoms with Gasteiger partial charge in [0.25, 0.3) is 0 Å². The molecule has 0 amide bonds. The highest BCUT2D eigenvalue weighted by Crippen LogP contribution is 2.31. The summed E-state index contributed by atoms with van der Waals surface area (Å²) < 4.78 is 0. The Balaban J connectivity index is 2.10. The Morgan fingerprint density at radius 3 is 2.63 bits per heavy atom. The summed E-state index contributed by atoms with van der Waals surface area (Å²) in [6, 6.07) is 6.30. The summed E-state index contributed by atoms with van der Waals surface area (Å²) in [5, 5.41) is 13.5. The number of nitrogens with zero attached hydrogens (tertiary/aromatic N) is 1. The summed E-state index contributed by atoms with van der Waals surface area (Å²) in [4.78, 5) is 2.38. The van der Waals surface area contributed by atoms with Gasteiger partial charge >= 0.3 is 0 Å². The van der Waals surface area contributed by atoms with Gasteiger partial charge in [0.05, 0.1) is 0 Å². The van der Waals surface area contributed by atoms with Gasteiger partial charge in [-0.1, -0.05) is 19.9 Å². The third kappa shape index (κ3) is 3.41. The first-order valence-electron chi connectivity index (χ1n) is 7.43. The molecule has 1 aliphatic rings. The largest absolute Gasteiger partial charge is 0.508 e. The molecule has 1 heterocycles. The molecule has 0 spiro atoms. The third-order valence-electron chi connectivity index (χ3n) is 4.14. The third-order valence-corrected chi connectivity index (χ3v) is 4.14. The average molecular weight is 262 g/mol. The van der Waals surface area contributed by atoms with Crippen molar-refractivity contribution in [1.29, 1.82) is 0 Å². The second-order valence-corrected chi connectivity index (χ2v) is 5.69. The predicted molar refractivity (Wildman–Crippen MR) is 80.8 cm³/mol. The molecule has 2 N–H and O–H groups in total. The zero-order valence-electron chi connectivity index (χ0n) is 12.3.